The lowest BCUT2D eigenvalue weighted by Gasteiger charge is -2.32. The van der Waals surface area contributed by atoms with Crippen LogP contribution in [0.1, 0.15) is 67.9 Å². The third kappa shape index (κ3) is 3.19. The van der Waals surface area contributed by atoms with Gasteiger partial charge in [-0.05, 0) is 32.6 Å². The molecule has 0 radical (unpaired) electrons. The van der Waals surface area contributed by atoms with Crippen LogP contribution in [0.5, 0.6) is 0 Å². The van der Waals surface area contributed by atoms with Gasteiger partial charge in [-0.3, -0.25) is 9.48 Å². The van der Waals surface area contributed by atoms with E-state index < -0.39 is 0 Å². The normalized spacial score (nSPS) is 23.8. The van der Waals surface area contributed by atoms with E-state index in [0.717, 1.165) is 37.9 Å². The van der Waals surface area contributed by atoms with Gasteiger partial charge in [-0.15, -0.1) is 0 Å². The Labute approximate surface area is 132 Å². The molecule has 1 aromatic rings. The minimum Gasteiger partial charge on any atom is -0.373 e. The van der Waals surface area contributed by atoms with Gasteiger partial charge in [0.05, 0.1) is 29.5 Å². The van der Waals surface area contributed by atoms with Crippen LogP contribution in [0.2, 0.25) is 0 Å². The maximum atomic E-state index is 12.5. The maximum absolute atomic E-state index is 12.5. The Hall–Kier alpha value is -1.36. The van der Waals surface area contributed by atoms with E-state index in [-0.39, 0.29) is 17.6 Å². The van der Waals surface area contributed by atoms with Gasteiger partial charge >= 0.3 is 0 Å². The fraction of sp³-hybridized carbons (Fsp3) is 0.765. The Morgan fingerprint density at radius 3 is 2.95 bits per heavy atom. The van der Waals surface area contributed by atoms with Crippen LogP contribution in [-0.2, 0) is 11.3 Å². The maximum Gasteiger partial charge on any atom is 0.255 e. The molecule has 1 aliphatic heterocycles. The zero-order chi connectivity index (χ0) is 15.6. The number of hydrogen-bond acceptors (Lipinski definition) is 3. The van der Waals surface area contributed by atoms with Crippen molar-refractivity contribution < 1.29 is 9.53 Å². The molecule has 1 amide bonds. The molecular formula is C17H27N3O2. The zero-order valence-corrected chi connectivity index (χ0v) is 13.7. The van der Waals surface area contributed by atoms with E-state index in [0.29, 0.717) is 12.2 Å². The summed E-state index contributed by atoms with van der Waals surface area (Å²) in [4.78, 5) is 12.5. The van der Waals surface area contributed by atoms with Crippen molar-refractivity contribution in [2.24, 2.45) is 0 Å². The highest BCUT2D eigenvalue weighted by Gasteiger charge is 2.41. The minimum absolute atomic E-state index is 0.0127. The van der Waals surface area contributed by atoms with Gasteiger partial charge < -0.3 is 10.1 Å². The smallest absolute Gasteiger partial charge is 0.255 e. The molecule has 0 bridgehead atoms. The van der Waals surface area contributed by atoms with Crippen LogP contribution in [0.15, 0.2) is 6.20 Å². The van der Waals surface area contributed by atoms with Gasteiger partial charge in [0.25, 0.3) is 5.91 Å². The van der Waals surface area contributed by atoms with Gasteiger partial charge in [0, 0.05) is 12.7 Å². The fourth-order valence-corrected chi connectivity index (χ4v) is 3.83. The summed E-state index contributed by atoms with van der Waals surface area (Å²) in [5.41, 5.74) is 1.53. The highest BCUT2D eigenvalue weighted by Crippen LogP contribution is 2.39. The van der Waals surface area contributed by atoms with Crippen LogP contribution in [0.3, 0.4) is 0 Å². The first-order chi connectivity index (χ1) is 10.6. The predicted octanol–water partition coefficient (Wildman–Crippen LogP) is 2.82. The van der Waals surface area contributed by atoms with Crippen LogP contribution in [0, 0.1) is 6.92 Å². The molecule has 1 aromatic heterocycles. The van der Waals surface area contributed by atoms with Gasteiger partial charge in [0.2, 0.25) is 0 Å². The van der Waals surface area contributed by atoms with E-state index in [9.17, 15) is 4.79 Å². The monoisotopic (exact) mass is 305 g/mol. The van der Waals surface area contributed by atoms with Crippen molar-refractivity contribution in [3.05, 3.63) is 17.5 Å². The highest BCUT2D eigenvalue weighted by molar-refractivity contribution is 5.95. The van der Waals surface area contributed by atoms with Crippen LogP contribution < -0.4 is 5.32 Å². The molecule has 3 rings (SSSR count). The lowest BCUT2D eigenvalue weighted by atomic mass is 9.82. The van der Waals surface area contributed by atoms with Crippen molar-refractivity contribution >= 4 is 5.91 Å². The number of aromatic nitrogens is 2. The number of amides is 1. The first-order valence-corrected chi connectivity index (χ1v) is 8.61. The van der Waals surface area contributed by atoms with E-state index in [1.165, 1.54) is 19.3 Å². The Balaban J connectivity index is 1.60. The topological polar surface area (TPSA) is 56.2 Å². The average Bonchev–Trinajstić information content (AvgIpc) is 3.04. The van der Waals surface area contributed by atoms with Crippen LogP contribution >= 0.6 is 0 Å². The summed E-state index contributed by atoms with van der Waals surface area (Å²) in [6, 6.07) is 0.138. The number of ether oxygens (including phenoxy) is 1. The fourth-order valence-electron chi connectivity index (χ4n) is 3.83. The molecule has 2 fully saturated rings. The average molecular weight is 305 g/mol. The van der Waals surface area contributed by atoms with Crippen molar-refractivity contribution in [2.45, 2.75) is 77.0 Å². The highest BCUT2D eigenvalue weighted by atomic mass is 16.5. The van der Waals surface area contributed by atoms with E-state index in [1.807, 2.05) is 17.8 Å². The van der Waals surface area contributed by atoms with Crippen LogP contribution in [0.4, 0.5) is 0 Å². The predicted molar refractivity (Wildman–Crippen MR) is 84.9 cm³/mol. The summed E-state index contributed by atoms with van der Waals surface area (Å²) < 4.78 is 7.93. The number of rotatable bonds is 4. The third-order valence-corrected chi connectivity index (χ3v) is 4.95. The molecule has 122 valence electrons. The second-order valence-electron chi connectivity index (χ2n) is 6.82. The Kier molecular flexibility index (Phi) is 4.52. The Morgan fingerprint density at radius 2 is 2.23 bits per heavy atom. The van der Waals surface area contributed by atoms with Crippen molar-refractivity contribution in [3.8, 4) is 0 Å². The molecule has 0 unspecified atom stereocenters. The number of aryl methyl sites for hydroxylation is 2. The van der Waals surface area contributed by atoms with Crippen molar-refractivity contribution in [1.29, 1.82) is 0 Å². The first-order valence-electron chi connectivity index (χ1n) is 8.61. The van der Waals surface area contributed by atoms with Crippen molar-refractivity contribution in [3.63, 3.8) is 0 Å². The summed E-state index contributed by atoms with van der Waals surface area (Å²) in [6.07, 6.45) is 9.95. The van der Waals surface area contributed by atoms with Gasteiger partial charge in [0.1, 0.15) is 0 Å². The van der Waals surface area contributed by atoms with E-state index in [4.69, 9.17) is 4.74 Å². The second kappa shape index (κ2) is 6.41. The first kappa shape index (κ1) is 15.5. The second-order valence-corrected chi connectivity index (χ2v) is 6.82. The number of nitrogens with one attached hydrogen (secondary N) is 1. The van der Waals surface area contributed by atoms with E-state index >= 15 is 0 Å². The molecule has 1 saturated carbocycles. The molecule has 1 atom stereocenters. The lowest BCUT2D eigenvalue weighted by Crippen LogP contribution is -2.37. The molecule has 1 N–H and O–H groups in total. The molecule has 1 aliphatic carbocycles. The number of carbonyl (C=O) groups is 1. The van der Waals surface area contributed by atoms with Crippen molar-refractivity contribution in [1.82, 2.24) is 15.1 Å². The zero-order valence-electron chi connectivity index (χ0n) is 13.7. The summed E-state index contributed by atoms with van der Waals surface area (Å²) in [5.74, 6) is -0.0127. The summed E-state index contributed by atoms with van der Waals surface area (Å²) >= 11 is 0. The molecule has 1 saturated heterocycles. The summed E-state index contributed by atoms with van der Waals surface area (Å²) in [5, 5.41) is 7.55. The minimum atomic E-state index is -0.0127. The van der Waals surface area contributed by atoms with Gasteiger partial charge in [-0.1, -0.05) is 26.2 Å². The number of nitrogens with zero attached hydrogens (tertiary/aromatic N) is 2. The number of carbonyl (C=O) groups excluding carboxylic acids is 1. The molecule has 2 aliphatic rings. The van der Waals surface area contributed by atoms with Gasteiger partial charge in [-0.25, -0.2) is 0 Å². The largest absolute Gasteiger partial charge is 0.373 e. The SMILES string of the molecule is CCCn1cc(C(=O)N[C@@H]2COC3(CCCCC3)C2)c(C)n1. The van der Waals surface area contributed by atoms with Crippen LogP contribution in [0.25, 0.3) is 0 Å². The molecule has 1 spiro atoms. The molecular weight excluding hydrogens is 278 g/mol. The van der Waals surface area contributed by atoms with Crippen LogP contribution in [-0.4, -0.2) is 33.9 Å². The molecule has 22 heavy (non-hydrogen) atoms. The quantitative estimate of drug-likeness (QED) is 0.930. The third-order valence-electron chi connectivity index (χ3n) is 4.95. The van der Waals surface area contributed by atoms with Crippen molar-refractivity contribution in [2.75, 3.05) is 6.61 Å². The van der Waals surface area contributed by atoms with Gasteiger partial charge in [-0.2, -0.15) is 5.10 Å². The van der Waals surface area contributed by atoms with E-state index in [2.05, 4.69) is 17.3 Å². The number of hydrogen-bond donors (Lipinski definition) is 1. The lowest BCUT2D eigenvalue weighted by molar-refractivity contribution is -0.0246. The van der Waals surface area contributed by atoms with E-state index in [1.54, 1.807) is 0 Å². The summed E-state index contributed by atoms with van der Waals surface area (Å²) in [6.45, 7) is 5.50. The molecule has 5 heteroatoms. The summed E-state index contributed by atoms with van der Waals surface area (Å²) in [7, 11) is 0. The molecule has 5 nitrogen and oxygen atoms in total. The Bertz CT molecular complexity index is 532. The van der Waals surface area contributed by atoms with Gasteiger partial charge in [0.15, 0.2) is 0 Å². The standard InChI is InChI=1S/C17H27N3O2/c1-3-9-20-11-15(13(2)19-20)16(21)18-14-10-17(22-12-14)7-5-4-6-8-17/h11,14H,3-10,12H2,1-2H3,(H,18,21)/t14-/m0/s1. The Morgan fingerprint density at radius 1 is 1.45 bits per heavy atom. The molecule has 2 heterocycles. The molecule has 0 aromatic carbocycles.